The molecule has 0 unspecified atom stereocenters. The predicted molar refractivity (Wildman–Crippen MR) is 77.4 cm³/mol. The third-order valence-electron chi connectivity index (χ3n) is 3.16. The van der Waals surface area contributed by atoms with Crippen molar-refractivity contribution in [3.8, 4) is 11.4 Å². The summed E-state index contributed by atoms with van der Waals surface area (Å²) in [5, 5.41) is 3.97. The van der Waals surface area contributed by atoms with Gasteiger partial charge in [-0.25, -0.2) is 0 Å². The van der Waals surface area contributed by atoms with Crippen LogP contribution in [-0.4, -0.2) is 41.2 Å². The van der Waals surface area contributed by atoms with Gasteiger partial charge in [0.25, 0.3) is 0 Å². The Morgan fingerprint density at radius 2 is 2.05 bits per heavy atom. The summed E-state index contributed by atoms with van der Waals surface area (Å²) < 4.78 is 9.90. The van der Waals surface area contributed by atoms with E-state index in [1.165, 1.54) is 12.7 Å². The third-order valence-corrected chi connectivity index (χ3v) is 3.16. The summed E-state index contributed by atoms with van der Waals surface area (Å²) in [6, 6.07) is 7.91. The fourth-order valence-electron chi connectivity index (χ4n) is 1.86. The molecule has 21 heavy (non-hydrogen) atoms. The number of hydrogen-bond acceptors (Lipinski definition) is 6. The zero-order valence-corrected chi connectivity index (χ0v) is 12.5. The highest BCUT2D eigenvalue weighted by molar-refractivity contribution is 5.71. The van der Waals surface area contributed by atoms with Crippen molar-refractivity contribution in [1.82, 2.24) is 15.0 Å². The van der Waals surface area contributed by atoms with Gasteiger partial charge in [0.2, 0.25) is 11.7 Å². The van der Waals surface area contributed by atoms with Crippen LogP contribution in [0.15, 0.2) is 28.8 Å². The van der Waals surface area contributed by atoms with Crippen molar-refractivity contribution in [2.24, 2.45) is 0 Å². The van der Waals surface area contributed by atoms with Crippen LogP contribution in [0, 0.1) is 6.92 Å². The maximum Gasteiger partial charge on any atom is 0.319 e. The van der Waals surface area contributed by atoms with Crippen molar-refractivity contribution in [1.29, 1.82) is 0 Å². The highest BCUT2D eigenvalue weighted by Crippen LogP contribution is 2.16. The molecule has 6 heteroatoms. The second-order valence-corrected chi connectivity index (χ2v) is 4.76. The molecule has 6 nitrogen and oxygen atoms in total. The highest BCUT2D eigenvalue weighted by atomic mass is 16.5. The zero-order chi connectivity index (χ0) is 15.2. The predicted octanol–water partition coefficient (Wildman–Crippen LogP) is 2.04. The largest absolute Gasteiger partial charge is 0.468 e. The number of rotatable bonds is 6. The maximum absolute atomic E-state index is 11.3. The molecule has 0 fully saturated rings. The van der Waals surface area contributed by atoms with Gasteiger partial charge in [0.1, 0.15) is 0 Å². The molecule has 0 spiro atoms. The standard InChI is InChI=1S/C15H19N3O3/c1-4-18(10-14(19)20-3)9-13-16-15(17-21-13)12-7-5-11(2)6-8-12/h5-8H,4,9-10H2,1-3H3. The minimum absolute atomic E-state index is 0.204. The zero-order valence-electron chi connectivity index (χ0n) is 12.5. The molecule has 0 saturated carbocycles. The van der Waals surface area contributed by atoms with Crippen LogP contribution in [0.3, 0.4) is 0 Å². The van der Waals surface area contributed by atoms with Gasteiger partial charge >= 0.3 is 5.97 Å². The first-order chi connectivity index (χ1) is 10.1. The van der Waals surface area contributed by atoms with Gasteiger partial charge in [0.05, 0.1) is 20.2 Å². The van der Waals surface area contributed by atoms with E-state index in [2.05, 4.69) is 14.9 Å². The monoisotopic (exact) mass is 289 g/mol. The van der Waals surface area contributed by atoms with Crippen molar-refractivity contribution < 1.29 is 14.1 Å². The number of hydrogen-bond donors (Lipinski definition) is 0. The number of benzene rings is 1. The lowest BCUT2D eigenvalue weighted by molar-refractivity contribution is -0.142. The molecule has 0 amide bonds. The van der Waals surface area contributed by atoms with Gasteiger partial charge in [-0.15, -0.1) is 0 Å². The summed E-state index contributed by atoms with van der Waals surface area (Å²) in [6.45, 7) is 5.30. The molecule has 0 aliphatic heterocycles. The number of ether oxygens (including phenoxy) is 1. The number of aromatic nitrogens is 2. The molecule has 112 valence electrons. The molecule has 1 aromatic carbocycles. The summed E-state index contributed by atoms with van der Waals surface area (Å²) in [5.74, 6) is 0.755. The Morgan fingerprint density at radius 1 is 1.33 bits per heavy atom. The van der Waals surface area contributed by atoms with Crippen LogP contribution in [-0.2, 0) is 16.1 Å². The molecule has 1 aromatic heterocycles. The smallest absolute Gasteiger partial charge is 0.319 e. The summed E-state index contributed by atoms with van der Waals surface area (Å²) in [4.78, 5) is 17.5. The average molecular weight is 289 g/mol. The molecular weight excluding hydrogens is 270 g/mol. The van der Waals surface area contributed by atoms with E-state index in [0.29, 0.717) is 24.8 Å². The molecule has 2 rings (SSSR count). The number of esters is 1. The highest BCUT2D eigenvalue weighted by Gasteiger charge is 2.14. The lowest BCUT2D eigenvalue weighted by Gasteiger charge is -2.15. The molecule has 0 aliphatic rings. The fraction of sp³-hybridized carbons (Fsp3) is 0.400. The molecule has 0 radical (unpaired) electrons. The van der Waals surface area contributed by atoms with Gasteiger partial charge in [-0.2, -0.15) is 4.98 Å². The molecule has 1 heterocycles. The van der Waals surface area contributed by atoms with E-state index in [-0.39, 0.29) is 12.5 Å². The van der Waals surface area contributed by atoms with Crippen molar-refractivity contribution in [3.63, 3.8) is 0 Å². The first kappa shape index (κ1) is 15.2. The van der Waals surface area contributed by atoms with Crippen molar-refractivity contribution >= 4 is 5.97 Å². The summed E-state index contributed by atoms with van der Waals surface area (Å²) in [6.07, 6.45) is 0. The Morgan fingerprint density at radius 3 is 2.67 bits per heavy atom. The SMILES string of the molecule is CCN(CC(=O)OC)Cc1nc(-c2ccc(C)cc2)no1. The Hall–Kier alpha value is -2.21. The van der Waals surface area contributed by atoms with Gasteiger partial charge in [0.15, 0.2) is 0 Å². The topological polar surface area (TPSA) is 68.5 Å². The molecule has 0 bridgehead atoms. The number of aryl methyl sites for hydroxylation is 1. The van der Waals surface area contributed by atoms with Crippen LogP contribution < -0.4 is 0 Å². The van der Waals surface area contributed by atoms with E-state index in [4.69, 9.17) is 4.52 Å². The Kier molecular flexibility index (Phi) is 5.05. The van der Waals surface area contributed by atoms with Crippen LogP contribution in [0.5, 0.6) is 0 Å². The Bertz CT molecular complexity index is 592. The molecule has 0 atom stereocenters. The number of carbonyl (C=O) groups excluding carboxylic acids is 1. The van der Waals surface area contributed by atoms with Gasteiger partial charge < -0.3 is 9.26 Å². The maximum atomic E-state index is 11.3. The quantitative estimate of drug-likeness (QED) is 0.758. The van der Waals surface area contributed by atoms with E-state index in [1.807, 2.05) is 43.0 Å². The summed E-state index contributed by atoms with van der Waals surface area (Å²) in [7, 11) is 1.37. The van der Waals surface area contributed by atoms with Crippen molar-refractivity contribution in [2.75, 3.05) is 20.2 Å². The lowest BCUT2D eigenvalue weighted by Crippen LogP contribution is -2.30. The molecule has 2 aromatic rings. The second kappa shape index (κ2) is 6.99. The minimum Gasteiger partial charge on any atom is -0.468 e. The first-order valence-corrected chi connectivity index (χ1v) is 6.81. The molecular formula is C15H19N3O3. The normalized spacial score (nSPS) is 10.9. The van der Waals surface area contributed by atoms with Crippen molar-refractivity contribution in [2.45, 2.75) is 20.4 Å². The van der Waals surface area contributed by atoms with Crippen LogP contribution in [0.2, 0.25) is 0 Å². The summed E-state index contributed by atoms with van der Waals surface area (Å²) in [5.41, 5.74) is 2.09. The number of methoxy groups -OCH3 is 1. The van der Waals surface area contributed by atoms with Gasteiger partial charge in [-0.05, 0) is 13.5 Å². The Labute approximate surface area is 123 Å². The van der Waals surface area contributed by atoms with Gasteiger partial charge in [-0.3, -0.25) is 9.69 Å². The van der Waals surface area contributed by atoms with Crippen LogP contribution >= 0.6 is 0 Å². The minimum atomic E-state index is -0.282. The van der Waals surface area contributed by atoms with E-state index in [9.17, 15) is 4.79 Å². The number of likely N-dealkylation sites (N-methyl/N-ethyl adjacent to an activating group) is 1. The third kappa shape index (κ3) is 4.13. The van der Waals surface area contributed by atoms with Crippen LogP contribution in [0.1, 0.15) is 18.4 Å². The van der Waals surface area contributed by atoms with E-state index in [0.717, 1.165) is 5.56 Å². The number of nitrogens with zero attached hydrogens (tertiary/aromatic N) is 3. The van der Waals surface area contributed by atoms with Crippen molar-refractivity contribution in [3.05, 3.63) is 35.7 Å². The molecule has 0 saturated heterocycles. The fourth-order valence-corrected chi connectivity index (χ4v) is 1.86. The summed E-state index contributed by atoms with van der Waals surface area (Å²) >= 11 is 0. The van der Waals surface area contributed by atoms with Gasteiger partial charge in [0, 0.05) is 5.56 Å². The van der Waals surface area contributed by atoms with E-state index < -0.39 is 0 Å². The van der Waals surface area contributed by atoms with E-state index in [1.54, 1.807) is 0 Å². The molecule has 0 aliphatic carbocycles. The Balaban J connectivity index is 2.05. The second-order valence-electron chi connectivity index (χ2n) is 4.76. The average Bonchev–Trinajstić information content (AvgIpc) is 2.95. The van der Waals surface area contributed by atoms with Gasteiger partial charge in [-0.1, -0.05) is 41.9 Å². The lowest BCUT2D eigenvalue weighted by atomic mass is 10.1. The number of carbonyl (C=O) groups is 1. The van der Waals surface area contributed by atoms with E-state index >= 15 is 0 Å². The first-order valence-electron chi connectivity index (χ1n) is 6.81. The molecule has 0 N–H and O–H groups in total. The van der Waals surface area contributed by atoms with Crippen LogP contribution in [0.25, 0.3) is 11.4 Å². The van der Waals surface area contributed by atoms with Crippen LogP contribution in [0.4, 0.5) is 0 Å².